The maximum Gasteiger partial charge on any atom is 0.208 e. The van der Waals surface area contributed by atoms with Gasteiger partial charge in [0, 0.05) is 22.9 Å². The van der Waals surface area contributed by atoms with Crippen molar-refractivity contribution < 1.29 is 9.53 Å². The predicted molar refractivity (Wildman–Crippen MR) is 157 cm³/mol. The van der Waals surface area contributed by atoms with Crippen LogP contribution >= 0.6 is 11.6 Å². The molecule has 0 spiro atoms. The van der Waals surface area contributed by atoms with Gasteiger partial charge in [-0.25, -0.2) is 4.99 Å². The molecule has 1 atom stereocenters. The van der Waals surface area contributed by atoms with Crippen LogP contribution in [0.2, 0.25) is 5.02 Å². The normalized spacial score (nSPS) is 17.3. The van der Waals surface area contributed by atoms with Crippen LogP contribution in [0.25, 0.3) is 5.70 Å². The molecule has 0 amide bonds. The monoisotopic (exact) mass is 521 g/mol. The number of hydrogen-bond donors (Lipinski definition) is 1. The van der Waals surface area contributed by atoms with Crippen molar-refractivity contribution in [3.05, 3.63) is 63.5 Å². The molecule has 0 aromatic heterocycles. The topological polar surface area (TPSA) is 63.1 Å². The van der Waals surface area contributed by atoms with E-state index in [4.69, 9.17) is 22.8 Å². The van der Waals surface area contributed by atoms with Crippen LogP contribution in [-0.2, 0) is 9.53 Å². The van der Waals surface area contributed by atoms with E-state index in [9.17, 15) is 4.79 Å². The molecule has 37 heavy (non-hydrogen) atoms. The average Bonchev–Trinajstić information content (AvgIpc) is 2.96. The number of ketones is 1. The second-order valence-corrected chi connectivity index (χ2v) is 10.3. The molecule has 0 bridgehead atoms. The fraction of sp³-hybridized carbons (Fsp3) is 0.452. The summed E-state index contributed by atoms with van der Waals surface area (Å²) in [5.41, 5.74) is 5.09. The molecule has 5 nitrogen and oxygen atoms in total. The Balaban J connectivity index is 2.29. The number of halogens is 1. The molecular weight excluding hydrogens is 482 g/mol. The first-order chi connectivity index (χ1) is 17.6. The third-order valence-electron chi connectivity index (χ3n) is 6.20. The lowest BCUT2D eigenvalue weighted by Crippen LogP contribution is -2.24. The Labute approximate surface area is 227 Å². The number of carbonyl (C=O) groups is 1. The molecule has 198 valence electrons. The number of Topliss-reactive ketones (excluding diaryl/α,β-unsaturated/α-hetero) is 1. The lowest BCUT2D eigenvalue weighted by molar-refractivity contribution is -0.120. The average molecular weight is 522 g/mol. The Hall–Kier alpha value is -3.10. The Morgan fingerprint density at radius 1 is 1.27 bits per heavy atom. The highest BCUT2D eigenvalue weighted by Crippen LogP contribution is 2.25. The Bertz CT molecular complexity index is 1150. The molecule has 1 aromatic rings. The van der Waals surface area contributed by atoms with Gasteiger partial charge in [0.1, 0.15) is 5.78 Å². The van der Waals surface area contributed by atoms with E-state index < -0.39 is 0 Å². The minimum absolute atomic E-state index is 0.0666. The number of aryl methyl sites for hydroxylation is 1. The molecular formula is C31H40ClN3O2. The van der Waals surface area contributed by atoms with E-state index in [1.807, 2.05) is 31.2 Å². The summed E-state index contributed by atoms with van der Waals surface area (Å²) in [7, 11) is 1.61. The number of rotatable bonds is 10. The predicted octanol–water partition coefficient (Wildman–Crippen LogP) is 7.31. The maximum absolute atomic E-state index is 12.5. The molecule has 1 aliphatic heterocycles. The fourth-order valence-electron chi connectivity index (χ4n) is 4.16. The zero-order valence-electron chi connectivity index (χ0n) is 23.0. The molecule has 2 rings (SSSR count). The smallest absolute Gasteiger partial charge is 0.208 e. The number of methoxy groups -OCH3 is 1. The van der Waals surface area contributed by atoms with Crippen LogP contribution in [0, 0.1) is 31.1 Å². The van der Waals surface area contributed by atoms with Crippen molar-refractivity contribution in [2.24, 2.45) is 21.8 Å². The third kappa shape index (κ3) is 10.1. The summed E-state index contributed by atoms with van der Waals surface area (Å²) in [6, 6.07) is 5.93. The molecule has 0 radical (unpaired) electrons. The van der Waals surface area contributed by atoms with Gasteiger partial charge in [0.2, 0.25) is 5.88 Å². The zero-order chi connectivity index (χ0) is 27.4. The van der Waals surface area contributed by atoms with Crippen molar-refractivity contribution >= 4 is 35.1 Å². The molecule has 1 N–H and O–H groups in total. The zero-order valence-corrected chi connectivity index (χ0v) is 23.8. The van der Waals surface area contributed by atoms with Crippen LogP contribution in [0.1, 0.15) is 70.9 Å². The second-order valence-electron chi connectivity index (χ2n) is 9.90. The summed E-state index contributed by atoms with van der Waals surface area (Å²) in [5.74, 6) is 3.92. The summed E-state index contributed by atoms with van der Waals surface area (Å²) in [4.78, 5) is 21.6. The molecule has 0 saturated carbocycles. The lowest BCUT2D eigenvalue weighted by atomic mass is 9.95. The largest absolute Gasteiger partial charge is 0.481 e. The van der Waals surface area contributed by atoms with Gasteiger partial charge in [0.15, 0.2) is 5.84 Å². The Morgan fingerprint density at radius 2 is 2.00 bits per heavy atom. The van der Waals surface area contributed by atoms with E-state index in [1.54, 1.807) is 20.2 Å². The quantitative estimate of drug-likeness (QED) is 0.199. The van der Waals surface area contributed by atoms with Crippen LogP contribution in [-0.4, -0.2) is 31.5 Å². The van der Waals surface area contributed by atoms with Gasteiger partial charge in [-0.15, -0.1) is 6.42 Å². The highest BCUT2D eigenvalue weighted by molar-refractivity contribution is 6.31. The summed E-state index contributed by atoms with van der Waals surface area (Å²) < 4.78 is 5.31. The number of ether oxygens (including phenoxy) is 1. The van der Waals surface area contributed by atoms with E-state index in [1.165, 1.54) is 5.57 Å². The van der Waals surface area contributed by atoms with Crippen molar-refractivity contribution in [1.29, 1.82) is 0 Å². The Kier molecular flexibility index (Phi) is 12.4. The van der Waals surface area contributed by atoms with Crippen molar-refractivity contribution in [3.8, 4) is 12.3 Å². The number of allylic oxidation sites excluding steroid dienone is 4. The minimum atomic E-state index is -0.305. The number of hydrogen-bond acceptors (Lipinski definition) is 4. The molecule has 1 unspecified atom stereocenters. The van der Waals surface area contributed by atoms with E-state index in [0.29, 0.717) is 24.1 Å². The number of amidine groups is 1. The number of terminal acetylenes is 1. The summed E-state index contributed by atoms with van der Waals surface area (Å²) >= 11 is 6.27. The van der Waals surface area contributed by atoms with Crippen molar-refractivity contribution in [2.45, 2.75) is 66.7 Å². The van der Waals surface area contributed by atoms with E-state index in [2.05, 4.69) is 48.1 Å². The van der Waals surface area contributed by atoms with Crippen molar-refractivity contribution in [3.63, 3.8) is 0 Å². The highest BCUT2D eigenvalue weighted by Gasteiger charge is 2.17. The first kappa shape index (κ1) is 30.1. The van der Waals surface area contributed by atoms with E-state index >= 15 is 0 Å². The van der Waals surface area contributed by atoms with Gasteiger partial charge in [-0.2, -0.15) is 0 Å². The van der Waals surface area contributed by atoms with Gasteiger partial charge in [-0.3, -0.25) is 9.79 Å². The highest BCUT2D eigenvalue weighted by atomic mass is 35.5. The van der Waals surface area contributed by atoms with Gasteiger partial charge < -0.3 is 10.1 Å². The van der Waals surface area contributed by atoms with E-state index in [0.717, 1.165) is 53.1 Å². The third-order valence-corrected chi connectivity index (χ3v) is 6.62. The van der Waals surface area contributed by atoms with Gasteiger partial charge in [0.05, 0.1) is 13.7 Å². The molecule has 1 aromatic carbocycles. The number of aliphatic imine (C=N–C) groups is 2. The Morgan fingerprint density at radius 3 is 2.62 bits per heavy atom. The lowest BCUT2D eigenvalue weighted by Gasteiger charge is -2.18. The van der Waals surface area contributed by atoms with Gasteiger partial charge >= 0.3 is 0 Å². The SMILES string of the molecule is C#CC(=NCC(CC1=CCCC/C=C(\OC)N=C1)C(C)=O)N/C(=C(\C)CC(C)C)c1ccc(Cl)c(C)c1. The molecule has 6 heteroatoms. The molecule has 0 saturated heterocycles. The van der Waals surface area contributed by atoms with Crippen LogP contribution in [0.4, 0.5) is 0 Å². The van der Waals surface area contributed by atoms with Gasteiger partial charge in [0.25, 0.3) is 0 Å². The van der Waals surface area contributed by atoms with Gasteiger partial charge in [-0.1, -0.05) is 37.6 Å². The van der Waals surface area contributed by atoms with Crippen molar-refractivity contribution in [1.82, 2.24) is 5.32 Å². The second kappa shape index (κ2) is 15.2. The fourth-order valence-corrected chi connectivity index (χ4v) is 4.27. The van der Waals surface area contributed by atoms with Crippen LogP contribution in [0.5, 0.6) is 0 Å². The number of nitrogens with zero attached hydrogens (tertiary/aromatic N) is 2. The standard InChI is InChI=1S/C31H40ClN3O2/c1-8-29(35-31(23(5)16-21(2)3)26-14-15-28(32)22(4)17-26)33-20-27(24(6)36)18-25-12-10-9-11-13-30(37-7)34-19-25/h1,12-15,17,19,21,27H,9-11,16,18,20H2,2-7H3,(H,33,35)/b25-12?,30-13-,31-23+,34-19?. The summed E-state index contributed by atoms with van der Waals surface area (Å²) in [5, 5.41) is 4.10. The van der Waals surface area contributed by atoms with Crippen LogP contribution < -0.4 is 5.32 Å². The summed E-state index contributed by atoms with van der Waals surface area (Å²) in [6.07, 6.45) is 16.1. The van der Waals surface area contributed by atoms with E-state index in [-0.39, 0.29) is 18.2 Å². The van der Waals surface area contributed by atoms with Crippen LogP contribution in [0.15, 0.2) is 57.4 Å². The first-order valence-corrected chi connectivity index (χ1v) is 13.2. The van der Waals surface area contributed by atoms with Gasteiger partial charge in [-0.05, 0) is 105 Å². The first-order valence-electron chi connectivity index (χ1n) is 12.9. The molecule has 0 fully saturated rings. The van der Waals surface area contributed by atoms with Crippen LogP contribution in [0.3, 0.4) is 0 Å². The number of benzene rings is 1. The number of carbonyl (C=O) groups excluding carboxylic acids is 1. The number of nitrogens with one attached hydrogen (secondary N) is 1. The molecule has 1 heterocycles. The van der Waals surface area contributed by atoms with Crippen molar-refractivity contribution in [2.75, 3.05) is 13.7 Å². The molecule has 0 aliphatic carbocycles. The summed E-state index contributed by atoms with van der Waals surface area (Å²) in [6.45, 7) is 10.3. The molecule has 1 aliphatic rings. The maximum atomic E-state index is 12.5. The minimum Gasteiger partial charge on any atom is -0.481 e.